The van der Waals surface area contributed by atoms with Crippen LogP contribution < -0.4 is 10.6 Å². The molecule has 27 nitrogen and oxygen atoms in total. The molecule has 3 heterocycles. The van der Waals surface area contributed by atoms with Gasteiger partial charge in [0.2, 0.25) is 0 Å². The van der Waals surface area contributed by atoms with E-state index in [1.165, 1.54) is 0 Å². The number of carbonyl (C=O) groups excluding carboxylic acids is 2. The summed E-state index contributed by atoms with van der Waals surface area (Å²) in [6.07, 6.45) is -9.86. The highest BCUT2D eigenvalue weighted by Crippen LogP contribution is 2.41. The summed E-state index contributed by atoms with van der Waals surface area (Å²) in [5.41, 5.74) is 5.44. The van der Waals surface area contributed by atoms with E-state index in [9.17, 15) is 60.7 Å². The van der Waals surface area contributed by atoms with Crippen molar-refractivity contribution in [3.05, 3.63) is 87.3 Å². The number of fused-ring (bicyclic) bond motifs is 1. The number of benzene rings is 2. The molecule has 58 heavy (non-hydrogen) atoms. The van der Waals surface area contributed by atoms with Crippen LogP contribution in [0.25, 0.3) is 10.4 Å². The summed E-state index contributed by atoms with van der Waals surface area (Å²) in [4.78, 5) is 71.0. The molecule has 3 fully saturated rings. The van der Waals surface area contributed by atoms with Crippen molar-refractivity contribution in [3.63, 3.8) is 0 Å². The predicted molar refractivity (Wildman–Crippen MR) is 189 cm³/mol. The lowest BCUT2D eigenvalue weighted by Crippen LogP contribution is -2.65. The highest BCUT2D eigenvalue weighted by Gasteiger charge is 2.57. The van der Waals surface area contributed by atoms with Crippen molar-refractivity contribution in [2.45, 2.75) is 94.7 Å². The van der Waals surface area contributed by atoms with E-state index in [4.69, 9.17) is 33.2 Å². The summed E-state index contributed by atoms with van der Waals surface area (Å²) in [6.45, 7) is 3.82. The zero-order valence-corrected chi connectivity index (χ0v) is 30.7. The van der Waals surface area contributed by atoms with E-state index >= 15 is 0 Å². The number of ether oxygens (including phenoxy) is 7. The maximum atomic E-state index is 12.5. The fourth-order valence-corrected chi connectivity index (χ4v) is 6.57. The van der Waals surface area contributed by atoms with Crippen LogP contribution in [-0.2, 0) is 42.7 Å². The Bertz CT molecular complexity index is 2010. The van der Waals surface area contributed by atoms with Crippen molar-refractivity contribution in [2.75, 3.05) is 23.8 Å². The number of esters is 2. The molecule has 0 radical (unpaired) electrons. The average molecular weight is 822 g/mol. The summed E-state index contributed by atoms with van der Waals surface area (Å²) >= 11 is 0. The Hall–Kier alpha value is -6.35. The van der Waals surface area contributed by atoms with E-state index < -0.39 is 146 Å². The first-order chi connectivity index (χ1) is 27.3. The molecule has 0 spiro atoms. The molecule has 0 aliphatic carbocycles. The predicted octanol–water partition coefficient (Wildman–Crippen LogP) is 2.73. The smallest absolute Gasteiger partial charge is 0.303 e. The normalized spacial score (nSPS) is 27.6. The van der Waals surface area contributed by atoms with E-state index in [1.54, 1.807) is 13.8 Å². The molecule has 10 atom stereocenters. The van der Waals surface area contributed by atoms with Crippen LogP contribution in [0.15, 0.2) is 41.5 Å². The lowest BCUT2D eigenvalue weighted by molar-refractivity contribution is -0.394. The van der Waals surface area contributed by atoms with Gasteiger partial charge < -0.3 is 48.9 Å². The molecule has 27 heteroatoms. The third kappa shape index (κ3) is 9.60. The molecule has 0 bridgehead atoms. The number of nitro groups is 4. The first kappa shape index (κ1) is 42.8. The van der Waals surface area contributed by atoms with Gasteiger partial charge in [0.15, 0.2) is 24.5 Å². The van der Waals surface area contributed by atoms with Crippen molar-refractivity contribution < 1.29 is 67.5 Å². The molecule has 0 amide bonds. The monoisotopic (exact) mass is 821 g/mol. The highest BCUT2D eigenvalue weighted by molar-refractivity contribution is 5.69. The molecule has 2 aromatic rings. The maximum absolute atomic E-state index is 12.5. The van der Waals surface area contributed by atoms with Gasteiger partial charge in [-0.2, -0.15) is 0 Å². The van der Waals surface area contributed by atoms with Crippen molar-refractivity contribution in [3.8, 4) is 0 Å². The Morgan fingerprint density at radius 2 is 1.47 bits per heavy atom. The third-order valence-electron chi connectivity index (χ3n) is 8.93. The van der Waals surface area contributed by atoms with Crippen molar-refractivity contribution in [1.82, 2.24) is 0 Å². The SMILES string of the molecule is CC(=O)OC[C@H]1O[C@@H](OC[C@H](O)[C@H]2O[C@@H]3OC(C)(C)O[C@@H]3[C@H]2N=[N+]=[N-])[C@H](Nc2ccc([N+](=O)[O-])cc2[N+](=O)[O-])[C@@H](Nc2ccc([N+](=O)[O-])cc2[N+](=O)[O-])[C@@H]1OC(C)=O. The summed E-state index contributed by atoms with van der Waals surface area (Å²) in [5, 5.41) is 68.0. The van der Waals surface area contributed by atoms with E-state index in [0.717, 1.165) is 38.1 Å². The van der Waals surface area contributed by atoms with Gasteiger partial charge in [0.25, 0.3) is 22.7 Å². The van der Waals surface area contributed by atoms with Crippen LogP contribution in [-0.4, -0.2) is 117 Å². The Morgan fingerprint density at radius 1 is 0.897 bits per heavy atom. The van der Waals surface area contributed by atoms with Crippen LogP contribution in [0.4, 0.5) is 34.1 Å². The molecule has 2 aromatic carbocycles. The van der Waals surface area contributed by atoms with E-state index in [0.29, 0.717) is 12.1 Å². The molecule has 3 aliphatic heterocycles. The minimum Gasteiger partial charge on any atom is -0.463 e. The Morgan fingerprint density at radius 3 is 1.97 bits per heavy atom. The van der Waals surface area contributed by atoms with Crippen LogP contribution >= 0.6 is 0 Å². The number of carbonyl (C=O) groups is 2. The maximum Gasteiger partial charge on any atom is 0.303 e. The molecular formula is C31H35N9O18. The van der Waals surface area contributed by atoms with Gasteiger partial charge >= 0.3 is 11.9 Å². The van der Waals surface area contributed by atoms with Crippen LogP contribution in [0.1, 0.15) is 27.7 Å². The van der Waals surface area contributed by atoms with Gasteiger partial charge in [0.05, 0.1) is 50.5 Å². The first-order valence-electron chi connectivity index (χ1n) is 17.0. The Labute approximate surface area is 324 Å². The zero-order valence-electron chi connectivity index (χ0n) is 30.7. The van der Waals surface area contributed by atoms with Gasteiger partial charge in [-0.15, -0.1) is 0 Å². The number of aliphatic hydroxyl groups excluding tert-OH is 1. The van der Waals surface area contributed by atoms with Crippen LogP contribution in [0.5, 0.6) is 0 Å². The molecule has 5 rings (SSSR count). The summed E-state index contributed by atoms with van der Waals surface area (Å²) in [5.74, 6) is -2.91. The molecule has 3 saturated heterocycles. The van der Waals surface area contributed by atoms with Crippen LogP contribution in [0, 0.1) is 40.5 Å². The van der Waals surface area contributed by atoms with Gasteiger partial charge in [-0.05, 0) is 31.5 Å². The number of hydrogen-bond acceptors (Lipinski definition) is 21. The second-order valence-electron chi connectivity index (χ2n) is 13.4. The second kappa shape index (κ2) is 17.4. The largest absolute Gasteiger partial charge is 0.463 e. The summed E-state index contributed by atoms with van der Waals surface area (Å²) in [7, 11) is 0. The lowest BCUT2D eigenvalue weighted by Gasteiger charge is -2.46. The first-order valence-corrected chi connectivity index (χ1v) is 17.0. The summed E-state index contributed by atoms with van der Waals surface area (Å²) in [6, 6.07) is 0.727. The fraction of sp³-hybridized carbons (Fsp3) is 0.548. The number of hydrogen-bond donors (Lipinski definition) is 3. The molecule has 312 valence electrons. The molecule has 0 saturated carbocycles. The lowest BCUT2D eigenvalue weighted by atomic mass is 9.92. The molecular weight excluding hydrogens is 786 g/mol. The van der Waals surface area contributed by atoms with Crippen molar-refractivity contribution >= 4 is 46.1 Å². The quantitative estimate of drug-likeness (QED) is 0.0547. The number of azide groups is 1. The highest BCUT2D eigenvalue weighted by atomic mass is 16.8. The van der Waals surface area contributed by atoms with E-state index in [-0.39, 0.29) is 0 Å². The molecule has 3 N–H and O–H groups in total. The van der Waals surface area contributed by atoms with E-state index in [1.807, 2.05) is 0 Å². The minimum absolute atomic E-state index is 0.402. The number of nitrogens with one attached hydrogen (secondary N) is 2. The minimum atomic E-state index is -1.77. The Kier molecular flexibility index (Phi) is 12.9. The summed E-state index contributed by atoms with van der Waals surface area (Å²) < 4.78 is 40.2. The van der Waals surface area contributed by atoms with Crippen molar-refractivity contribution in [1.29, 1.82) is 0 Å². The number of rotatable bonds is 16. The van der Waals surface area contributed by atoms with Gasteiger partial charge in [-0.3, -0.25) is 50.0 Å². The average Bonchev–Trinajstić information content (AvgIpc) is 3.62. The van der Waals surface area contributed by atoms with Crippen LogP contribution in [0.2, 0.25) is 0 Å². The molecule has 0 aromatic heterocycles. The van der Waals surface area contributed by atoms with Gasteiger partial charge in [0, 0.05) is 30.9 Å². The van der Waals surface area contributed by atoms with E-state index in [2.05, 4.69) is 20.7 Å². The van der Waals surface area contributed by atoms with Gasteiger partial charge in [0.1, 0.15) is 48.4 Å². The molecule has 3 aliphatic rings. The zero-order chi connectivity index (χ0) is 42.6. The standard InChI is InChI=1S/C31H35N9O18/c1-13(41)52-12-22-27(54-14(2)42)23(33-17-7-5-15(37(44)45)9-19(17)39(48)49)24(34-18-8-6-16(38(46)47)10-20(18)40(50)51)29(55-22)53-11-21(43)26-25(35-36-32)28-30(56-26)58-31(3,4)57-28/h5-10,21-30,33-34,43H,11-12H2,1-4H3/t21-,22+,23+,24+,25-,26+,27+,28+,29+,30+/m0/s1. The van der Waals surface area contributed by atoms with Gasteiger partial charge in [-0.1, -0.05) is 5.11 Å². The third-order valence-corrected chi connectivity index (χ3v) is 8.93. The second-order valence-corrected chi connectivity index (χ2v) is 13.4. The number of nitrogens with zero attached hydrogens (tertiary/aromatic N) is 7. The van der Waals surface area contributed by atoms with Gasteiger partial charge in [-0.25, -0.2) is 0 Å². The number of anilines is 2. The van der Waals surface area contributed by atoms with Crippen molar-refractivity contribution in [2.24, 2.45) is 5.11 Å². The number of non-ortho nitro benzene ring substituents is 2. The van der Waals surface area contributed by atoms with Crippen LogP contribution in [0.3, 0.4) is 0 Å². The topological polar surface area (TPSA) is 364 Å². The number of aliphatic hydroxyl groups is 1. The number of nitro benzene ring substituents is 4. The molecule has 0 unspecified atom stereocenters. The fourth-order valence-electron chi connectivity index (χ4n) is 6.57. The Balaban J connectivity index is 1.60.